The number of ether oxygens (including phenoxy) is 1. The fourth-order valence-electron chi connectivity index (χ4n) is 1.40. The van der Waals surface area contributed by atoms with Gasteiger partial charge in [-0.2, -0.15) is 0 Å². The molecule has 1 rings (SSSR count). The van der Waals surface area contributed by atoms with Crippen molar-refractivity contribution >= 4 is 5.82 Å². The van der Waals surface area contributed by atoms with E-state index in [1.54, 1.807) is 25.4 Å². The van der Waals surface area contributed by atoms with E-state index >= 15 is 0 Å². The Morgan fingerprint density at radius 3 is 2.86 bits per heavy atom. The number of aromatic nitrogens is 1. The first-order chi connectivity index (χ1) is 6.70. The number of rotatable bonds is 4. The first-order valence-corrected chi connectivity index (χ1v) is 4.62. The normalized spacial score (nSPS) is 15.1. The molecule has 0 amide bonds. The maximum Gasteiger partial charge on any atom is 0.129 e. The molecule has 3 N–H and O–H groups in total. The SMILES string of the molecule is CCC(OC)C(O)c1cccnc1N. The number of nitrogen functional groups attached to an aromatic ring is 1. The first-order valence-electron chi connectivity index (χ1n) is 4.62. The average molecular weight is 196 g/mol. The number of methoxy groups -OCH3 is 1. The second-order valence-electron chi connectivity index (χ2n) is 3.11. The van der Waals surface area contributed by atoms with Crippen LogP contribution in [0.3, 0.4) is 0 Å². The molecule has 0 aliphatic carbocycles. The lowest BCUT2D eigenvalue weighted by Crippen LogP contribution is -2.21. The molecule has 1 aromatic heterocycles. The largest absolute Gasteiger partial charge is 0.386 e. The minimum atomic E-state index is -0.710. The van der Waals surface area contributed by atoms with Crippen molar-refractivity contribution < 1.29 is 9.84 Å². The van der Waals surface area contributed by atoms with Crippen molar-refractivity contribution in [1.29, 1.82) is 0 Å². The van der Waals surface area contributed by atoms with Crippen LogP contribution in [0.2, 0.25) is 0 Å². The second kappa shape index (κ2) is 4.93. The van der Waals surface area contributed by atoms with Crippen LogP contribution in [0.4, 0.5) is 5.82 Å². The highest BCUT2D eigenvalue weighted by Crippen LogP contribution is 2.24. The molecule has 1 heterocycles. The van der Waals surface area contributed by atoms with Gasteiger partial charge in [-0.25, -0.2) is 4.98 Å². The topological polar surface area (TPSA) is 68.4 Å². The van der Waals surface area contributed by atoms with Gasteiger partial charge in [0.05, 0.1) is 6.10 Å². The predicted octanol–water partition coefficient (Wildman–Crippen LogP) is 1.12. The summed E-state index contributed by atoms with van der Waals surface area (Å²) in [6.07, 6.45) is 1.38. The van der Waals surface area contributed by atoms with Crippen molar-refractivity contribution in [2.45, 2.75) is 25.6 Å². The Labute approximate surface area is 83.7 Å². The predicted molar refractivity (Wildman–Crippen MR) is 54.7 cm³/mol. The molecule has 78 valence electrons. The summed E-state index contributed by atoms with van der Waals surface area (Å²) in [4.78, 5) is 3.91. The zero-order chi connectivity index (χ0) is 10.6. The van der Waals surface area contributed by atoms with E-state index in [9.17, 15) is 5.11 Å². The molecular weight excluding hydrogens is 180 g/mol. The van der Waals surface area contributed by atoms with Crippen LogP contribution in [0.25, 0.3) is 0 Å². The minimum absolute atomic E-state index is 0.235. The van der Waals surface area contributed by atoms with Crippen LogP contribution < -0.4 is 5.73 Å². The van der Waals surface area contributed by atoms with Gasteiger partial charge >= 0.3 is 0 Å². The van der Waals surface area contributed by atoms with Gasteiger partial charge < -0.3 is 15.6 Å². The quantitative estimate of drug-likeness (QED) is 0.757. The maximum atomic E-state index is 9.92. The van der Waals surface area contributed by atoms with Crippen LogP contribution in [0.15, 0.2) is 18.3 Å². The van der Waals surface area contributed by atoms with Crippen LogP contribution in [0.1, 0.15) is 25.0 Å². The standard InChI is InChI=1S/C10H16N2O2/c1-3-8(14-2)9(13)7-5-4-6-12-10(7)11/h4-6,8-9,13H,3H2,1-2H3,(H2,11,12). The molecule has 4 nitrogen and oxygen atoms in total. The van der Waals surface area contributed by atoms with Gasteiger partial charge in [0.25, 0.3) is 0 Å². The third-order valence-electron chi connectivity index (χ3n) is 2.25. The molecule has 0 bridgehead atoms. The fourth-order valence-corrected chi connectivity index (χ4v) is 1.40. The van der Waals surface area contributed by atoms with Crippen molar-refractivity contribution in [3.05, 3.63) is 23.9 Å². The Morgan fingerprint density at radius 2 is 2.36 bits per heavy atom. The molecule has 0 saturated heterocycles. The van der Waals surface area contributed by atoms with Gasteiger partial charge in [0, 0.05) is 18.9 Å². The van der Waals surface area contributed by atoms with Gasteiger partial charge in [-0.3, -0.25) is 0 Å². The third kappa shape index (κ3) is 2.21. The molecule has 2 atom stereocenters. The van der Waals surface area contributed by atoms with Gasteiger partial charge in [0.2, 0.25) is 0 Å². The van der Waals surface area contributed by atoms with Crippen molar-refractivity contribution in [3.8, 4) is 0 Å². The first kappa shape index (κ1) is 10.9. The monoisotopic (exact) mass is 196 g/mol. The van der Waals surface area contributed by atoms with Gasteiger partial charge in [-0.05, 0) is 12.5 Å². The lowest BCUT2D eigenvalue weighted by atomic mass is 10.0. The van der Waals surface area contributed by atoms with Gasteiger partial charge in [0.1, 0.15) is 11.9 Å². The minimum Gasteiger partial charge on any atom is -0.386 e. The highest BCUT2D eigenvalue weighted by molar-refractivity contribution is 5.40. The molecule has 0 spiro atoms. The number of aliphatic hydroxyl groups is 1. The van der Waals surface area contributed by atoms with E-state index in [1.165, 1.54) is 0 Å². The van der Waals surface area contributed by atoms with E-state index in [4.69, 9.17) is 10.5 Å². The Hall–Kier alpha value is -1.13. The highest BCUT2D eigenvalue weighted by Gasteiger charge is 2.20. The van der Waals surface area contributed by atoms with E-state index < -0.39 is 6.10 Å². The van der Waals surface area contributed by atoms with Crippen LogP contribution in [-0.2, 0) is 4.74 Å². The Balaban J connectivity index is 2.88. The number of nitrogens with zero attached hydrogens (tertiary/aromatic N) is 1. The molecule has 1 aromatic rings. The number of hydrogen-bond acceptors (Lipinski definition) is 4. The lowest BCUT2D eigenvalue weighted by Gasteiger charge is -2.20. The van der Waals surface area contributed by atoms with Crippen LogP contribution in [0.5, 0.6) is 0 Å². The van der Waals surface area contributed by atoms with Gasteiger partial charge in [-0.15, -0.1) is 0 Å². The number of nitrogens with two attached hydrogens (primary N) is 1. The molecule has 14 heavy (non-hydrogen) atoms. The Kier molecular flexibility index (Phi) is 3.85. The molecule has 0 aromatic carbocycles. The zero-order valence-electron chi connectivity index (χ0n) is 8.47. The summed E-state index contributed by atoms with van der Waals surface area (Å²) in [7, 11) is 1.57. The van der Waals surface area contributed by atoms with Gasteiger partial charge in [-0.1, -0.05) is 13.0 Å². The molecule has 0 saturated carbocycles. The van der Waals surface area contributed by atoms with E-state index in [-0.39, 0.29) is 6.10 Å². The number of aliphatic hydroxyl groups excluding tert-OH is 1. The van der Waals surface area contributed by atoms with Crippen LogP contribution in [-0.4, -0.2) is 23.3 Å². The number of anilines is 1. The Morgan fingerprint density at radius 1 is 1.64 bits per heavy atom. The zero-order valence-corrected chi connectivity index (χ0v) is 8.47. The van der Waals surface area contributed by atoms with Crippen LogP contribution >= 0.6 is 0 Å². The smallest absolute Gasteiger partial charge is 0.129 e. The van der Waals surface area contributed by atoms with Crippen molar-refractivity contribution in [2.75, 3.05) is 12.8 Å². The molecule has 0 aliphatic heterocycles. The summed E-state index contributed by atoms with van der Waals surface area (Å²) in [6.45, 7) is 1.95. The van der Waals surface area contributed by atoms with Crippen molar-refractivity contribution in [2.24, 2.45) is 0 Å². The second-order valence-corrected chi connectivity index (χ2v) is 3.11. The summed E-state index contributed by atoms with van der Waals surface area (Å²) in [5.74, 6) is 0.357. The lowest BCUT2D eigenvalue weighted by molar-refractivity contribution is -0.0146. The summed E-state index contributed by atoms with van der Waals surface area (Å²) < 4.78 is 5.14. The van der Waals surface area contributed by atoms with Crippen LogP contribution in [0, 0.1) is 0 Å². The van der Waals surface area contributed by atoms with Crippen molar-refractivity contribution in [3.63, 3.8) is 0 Å². The summed E-state index contributed by atoms with van der Waals surface area (Å²) in [6, 6.07) is 3.51. The summed E-state index contributed by atoms with van der Waals surface area (Å²) in [5, 5.41) is 9.92. The maximum absolute atomic E-state index is 9.92. The highest BCUT2D eigenvalue weighted by atomic mass is 16.5. The van der Waals surface area contributed by atoms with Crippen molar-refractivity contribution in [1.82, 2.24) is 4.98 Å². The molecule has 0 radical (unpaired) electrons. The third-order valence-corrected chi connectivity index (χ3v) is 2.25. The molecule has 2 unspecified atom stereocenters. The molecule has 0 aliphatic rings. The number of hydrogen-bond donors (Lipinski definition) is 2. The van der Waals surface area contributed by atoms with E-state index in [2.05, 4.69) is 4.98 Å². The summed E-state index contributed by atoms with van der Waals surface area (Å²) in [5.41, 5.74) is 6.27. The van der Waals surface area contributed by atoms with Gasteiger partial charge in [0.15, 0.2) is 0 Å². The number of pyridine rings is 1. The summed E-state index contributed by atoms with van der Waals surface area (Å²) >= 11 is 0. The molecule has 0 fully saturated rings. The average Bonchev–Trinajstić information content (AvgIpc) is 2.20. The van der Waals surface area contributed by atoms with E-state index in [1.807, 2.05) is 6.92 Å². The fraction of sp³-hybridized carbons (Fsp3) is 0.500. The molecular formula is C10H16N2O2. The molecule has 4 heteroatoms. The van der Waals surface area contributed by atoms with E-state index in [0.29, 0.717) is 11.4 Å². The Bertz CT molecular complexity index is 287. The van der Waals surface area contributed by atoms with E-state index in [0.717, 1.165) is 6.42 Å².